The first-order chi connectivity index (χ1) is 14.2. The first-order valence-corrected chi connectivity index (χ1v) is 11.4. The molecule has 1 aromatic rings. The van der Waals surface area contributed by atoms with Crippen molar-refractivity contribution in [2.24, 2.45) is 0 Å². The number of nitrogens with zero attached hydrogens (tertiary/aromatic N) is 3. The number of hydrogen-bond acceptors (Lipinski definition) is 6. The number of benzene rings is 1. The van der Waals surface area contributed by atoms with Crippen LogP contribution in [0.1, 0.15) is 37.7 Å². The van der Waals surface area contributed by atoms with E-state index in [1.54, 1.807) is 7.11 Å². The lowest BCUT2D eigenvalue weighted by atomic mass is 10.0. The van der Waals surface area contributed by atoms with Gasteiger partial charge in [0.1, 0.15) is 12.7 Å². The number of ether oxygens (including phenoxy) is 2. The average molecular weight is 404 g/mol. The Hall–Kier alpha value is -1.34. The molecule has 0 aromatic heterocycles. The molecule has 0 amide bonds. The zero-order valence-corrected chi connectivity index (χ0v) is 17.9. The fourth-order valence-electron chi connectivity index (χ4n) is 4.88. The van der Waals surface area contributed by atoms with Crippen molar-refractivity contribution in [3.63, 3.8) is 0 Å². The third kappa shape index (κ3) is 5.63. The maximum absolute atomic E-state index is 10.3. The predicted octanol–water partition coefficient (Wildman–Crippen LogP) is 2.20. The van der Waals surface area contributed by atoms with Crippen molar-refractivity contribution in [2.45, 2.75) is 50.8 Å². The molecule has 29 heavy (non-hydrogen) atoms. The van der Waals surface area contributed by atoms with Crippen molar-refractivity contribution < 1.29 is 14.6 Å². The van der Waals surface area contributed by atoms with Gasteiger partial charge < -0.3 is 19.5 Å². The molecule has 0 radical (unpaired) electrons. The molecule has 0 spiro atoms. The summed E-state index contributed by atoms with van der Waals surface area (Å²) in [5.41, 5.74) is 1.25. The summed E-state index contributed by atoms with van der Waals surface area (Å²) in [4.78, 5) is 7.48. The SMILES string of the molecule is COc1cc(CN2CC(N3CCCCC3)C2)ccc1OCC(O)CN1CCCC1. The maximum Gasteiger partial charge on any atom is 0.161 e. The summed E-state index contributed by atoms with van der Waals surface area (Å²) in [7, 11) is 1.68. The first-order valence-electron chi connectivity index (χ1n) is 11.4. The van der Waals surface area contributed by atoms with E-state index in [4.69, 9.17) is 9.47 Å². The molecule has 3 aliphatic heterocycles. The Labute approximate surface area is 175 Å². The second-order valence-corrected chi connectivity index (χ2v) is 8.90. The smallest absolute Gasteiger partial charge is 0.161 e. The van der Waals surface area contributed by atoms with E-state index in [1.165, 1.54) is 63.8 Å². The van der Waals surface area contributed by atoms with Crippen molar-refractivity contribution >= 4 is 0 Å². The molecular weight excluding hydrogens is 366 g/mol. The number of methoxy groups -OCH3 is 1. The molecule has 1 unspecified atom stereocenters. The Bertz CT molecular complexity index is 638. The Balaban J connectivity index is 1.23. The predicted molar refractivity (Wildman–Crippen MR) is 115 cm³/mol. The molecule has 3 saturated heterocycles. The lowest BCUT2D eigenvalue weighted by Gasteiger charge is -2.46. The third-order valence-electron chi connectivity index (χ3n) is 6.58. The van der Waals surface area contributed by atoms with Crippen LogP contribution in [0, 0.1) is 0 Å². The lowest BCUT2D eigenvalue weighted by molar-refractivity contribution is 0.0185. The number of aliphatic hydroxyl groups is 1. The van der Waals surface area contributed by atoms with Crippen LogP contribution in [0.3, 0.4) is 0 Å². The Morgan fingerprint density at radius 3 is 2.41 bits per heavy atom. The highest BCUT2D eigenvalue weighted by molar-refractivity contribution is 5.43. The van der Waals surface area contributed by atoms with Crippen LogP contribution in [-0.4, -0.2) is 91.5 Å². The topological polar surface area (TPSA) is 48.4 Å². The molecule has 3 aliphatic rings. The van der Waals surface area contributed by atoms with Gasteiger partial charge in [0.05, 0.1) is 7.11 Å². The van der Waals surface area contributed by atoms with E-state index >= 15 is 0 Å². The minimum absolute atomic E-state index is 0.301. The number of hydrogen-bond donors (Lipinski definition) is 1. The van der Waals surface area contributed by atoms with Gasteiger partial charge in [-0.2, -0.15) is 0 Å². The average Bonchev–Trinajstić information content (AvgIpc) is 3.22. The lowest BCUT2D eigenvalue weighted by Crippen LogP contribution is -2.59. The van der Waals surface area contributed by atoms with E-state index in [1.807, 2.05) is 6.07 Å². The van der Waals surface area contributed by atoms with Crippen molar-refractivity contribution in [2.75, 3.05) is 59.5 Å². The molecule has 0 aliphatic carbocycles. The number of β-amino-alcohol motifs (C(OH)–C–C–N with tert-alkyl or cyclic N) is 1. The zero-order chi connectivity index (χ0) is 20.1. The van der Waals surface area contributed by atoms with Gasteiger partial charge in [-0.1, -0.05) is 12.5 Å². The van der Waals surface area contributed by atoms with E-state index in [-0.39, 0.29) is 0 Å². The number of aliphatic hydroxyl groups excluding tert-OH is 1. The Kier molecular flexibility index (Phi) is 7.29. The van der Waals surface area contributed by atoms with Crippen LogP contribution in [0.4, 0.5) is 0 Å². The molecule has 1 atom stereocenters. The number of piperidine rings is 1. The molecule has 0 bridgehead atoms. The molecule has 162 valence electrons. The minimum Gasteiger partial charge on any atom is -0.493 e. The number of rotatable bonds is 9. The summed E-state index contributed by atoms with van der Waals surface area (Å²) >= 11 is 0. The molecule has 6 heteroatoms. The van der Waals surface area contributed by atoms with Crippen LogP contribution in [-0.2, 0) is 6.54 Å². The van der Waals surface area contributed by atoms with E-state index in [9.17, 15) is 5.11 Å². The summed E-state index contributed by atoms with van der Waals surface area (Å²) in [6, 6.07) is 6.94. The van der Waals surface area contributed by atoms with Crippen LogP contribution < -0.4 is 9.47 Å². The van der Waals surface area contributed by atoms with Gasteiger partial charge in [-0.05, 0) is 69.6 Å². The molecule has 3 heterocycles. The molecule has 1 N–H and O–H groups in total. The van der Waals surface area contributed by atoms with Crippen molar-refractivity contribution in [1.82, 2.24) is 14.7 Å². The molecule has 3 fully saturated rings. The maximum atomic E-state index is 10.3. The molecule has 0 saturated carbocycles. The highest BCUT2D eigenvalue weighted by atomic mass is 16.5. The second kappa shape index (κ2) is 10.1. The highest BCUT2D eigenvalue weighted by Crippen LogP contribution is 2.30. The standard InChI is InChI=1S/C23H37N3O3/c1-28-23-13-19(14-25-15-20(16-25)26-11-3-2-4-12-26)7-8-22(23)29-18-21(27)17-24-9-5-6-10-24/h7-8,13,20-21,27H,2-6,9-12,14-18H2,1H3. The van der Waals surface area contributed by atoms with Crippen LogP contribution in [0.15, 0.2) is 18.2 Å². The van der Waals surface area contributed by atoms with E-state index < -0.39 is 6.10 Å². The highest BCUT2D eigenvalue weighted by Gasteiger charge is 2.32. The van der Waals surface area contributed by atoms with Gasteiger partial charge in [-0.3, -0.25) is 9.80 Å². The summed E-state index contributed by atoms with van der Waals surface area (Å²) in [5.74, 6) is 1.47. The van der Waals surface area contributed by atoms with Crippen molar-refractivity contribution in [1.29, 1.82) is 0 Å². The summed E-state index contributed by atoms with van der Waals surface area (Å²) < 4.78 is 11.4. The van der Waals surface area contributed by atoms with Crippen LogP contribution in [0.2, 0.25) is 0 Å². The molecule has 4 rings (SSSR count). The second-order valence-electron chi connectivity index (χ2n) is 8.90. The van der Waals surface area contributed by atoms with Crippen LogP contribution in [0.25, 0.3) is 0 Å². The van der Waals surface area contributed by atoms with Gasteiger partial charge in [0.15, 0.2) is 11.5 Å². The zero-order valence-electron chi connectivity index (χ0n) is 17.9. The summed E-state index contributed by atoms with van der Waals surface area (Å²) in [6.07, 6.45) is 6.13. The molecule has 6 nitrogen and oxygen atoms in total. The van der Waals surface area contributed by atoms with Crippen LogP contribution >= 0.6 is 0 Å². The van der Waals surface area contributed by atoms with Crippen molar-refractivity contribution in [3.05, 3.63) is 23.8 Å². The first kappa shape index (κ1) is 20.9. The van der Waals surface area contributed by atoms with Gasteiger partial charge in [-0.25, -0.2) is 0 Å². The number of likely N-dealkylation sites (tertiary alicyclic amines) is 3. The van der Waals surface area contributed by atoms with Gasteiger partial charge in [0, 0.05) is 32.2 Å². The monoisotopic (exact) mass is 403 g/mol. The fourth-order valence-corrected chi connectivity index (χ4v) is 4.88. The van der Waals surface area contributed by atoms with Crippen molar-refractivity contribution in [3.8, 4) is 11.5 Å². The Morgan fingerprint density at radius 1 is 0.966 bits per heavy atom. The van der Waals surface area contributed by atoms with Gasteiger partial charge in [0.25, 0.3) is 0 Å². The van der Waals surface area contributed by atoms with Gasteiger partial charge in [-0.15, -0.1) is 0 Å². The summed E-state index contributed by atoms with van der Waals surface area (Å²) in [6.45, 7) is 9.02. The normalized spacial score (nSPS) is 23.1. The van der Waals surface area contributed by atoms with E-state index in [2.05, 4.69) is 26.8 Å². The van der Waals surface area contributed by atoms with Gasteiger partial charge in [0.2, 0.25) is 0 Å². The largest absolute Gasteiger partial charge is 0.493 e. The third-order valence-corrected chi connectivity index (χ3v) is 6.58. The van der Waals surface area contributed by atoms with E-state index in [0.717, 1.165) is 31.4 Å². The van der Waals surface area contributed by atoms with Crippen LogP contribution in [0.5, 0.6) is 11.5 Å². The fraction of sp³-hybridized carbons (Fsp3) is 0.739. The minimum atomic E-state index is -0.467. The van der Waals surface area contributed by atoms with E-state index in [0.29, 0.717) is 18.9 Å². The summed E-state index contributed by atoms with van der Waals surface area (Å²) in [5, 5.41) is 10.3. The Morgan fingerprint density at radius 2 is 1.69 bits per heavy atom. The molecular formula is C23H37N3O3. The quantitative estimate of drug-likeness (QED) is 0.682. The van der Waals surface area contributed by atoms with Gasteiger partial charge >= 0.3 is 0 Å². The molecule has 1 aromatic carbocycles.